The maximum absolute atomic E-state index is 12.6. The van der Waals surface area contributed by atoms with Crippen LogP contribution in [-0.2, 0) is 19.1 Å². The molecule has 10 heteroatoms. The molecule has 4 amide bonds. The van der Waals surface area contributed by atoms with E-state index in [4.69, 9.17) is 14.2 Å². The number of anilines is 1. The van der Waals surface area contributed by atoms with Crippen LogP contribution in [0.4, 0.5) is 10.5 Å². The van der Waals surface area contributed by atoms with Crippen molar-refractivity contribution in [2.24, 2.45) is 5.41 Å². The zero-order chi connectivity index (χ0) is 25.8. The molecule has 4 fully saturated rings. The second-order valence-corrected chi connectivity index (χ2v) is 10.6. The Bertz CT molecular complexity index is 989. The molecular formula is C27H38N4O6. The van der Waals surface area contributed by atoms with Crippen molar-refractivity contribution in [3.63, 3.8) is 0 Å². The number of piperidine rings is 2. The number of hydrogen-bond donors (Lipinski definition) is 1. The van der Waals surface area contributed by atoms with Crippen LogP contribution in [0.15, 0.2) is 18.2 Å². The quantitative estimate of drug-likeness (QED) is 0.532. The van der Waals surface area contributed by atoms with Gasteiger partial charge in [0, 0.05) is 32.0 Å². The van der Waals surface area contributed by atoms with E-state index in [1.807, 2.05) is 17.0 Å². The molecule has 0 bridgehead atoms. The van der Waals surface area contributed by atoms with Crippen LogP contribution < -0.4 is 15.0 Å². The van der Waals surface area contributed by atoms with Crippen LogP contribution in [0.25, 0.3) is 0 Å². The monoisotopic (exact) mass is 514 g/mol. The smallest absolute Gasteiger partial charge is 0.328 e. The van der Waals surface area contributed by atoms with Crippen LogP contribution in [0.1, 0.15) is 50.0 Å². The van der Waals surface area contributed by atoms with Gasteiger partial charge < -0.3 is 24.0 Å². The van der Waals surface area contributed by atoms with Crippen molar-refractivity contribution >= 4 is 24.0 Å². The predicted octanol–water partition coefficient (Wildman–Crippen LogP) is 2.32. The third-order valence-corrected chi connectivity index (χ3v) is 8.61. The zero-order valence-electron chi connectivity index (χ0n) is 21.7. The molecular weight excluding hydrogens is 476 g/mol. The van der Waals surface area contributed by atoms with Crippen molar-refractivity contribution in [3.8, 4) is 5.75 Å². The molecule has 0 saturated carbocycles. The summed E-state index contributed by atoms with van der Waals surface area (Å²) in [5.41, 5.74) is 1.87. The van der Waals surface area contributed by atoms with E-state index in [1.54, 1.807) is 12.0 Å². The maximum atomic E-state index is 12.6. The summed E-state index contributed by atoms with van der Waals surface area (Å²) in [5, 5.41) is 2.41. The summed E-state index contributed by atoms with van der Waals surface area (Å²) in [5.74, 6) is 0.489. The Hall–Kier alpha value is -2.69. The van der Waals surface area contributed by atoms with Crippen molar-refractivity contribution in [1.82, 2.24) is 15.1 Å². The largest absolute Gasteiger partial charge is 0.495 e. The molecule has 1 unspecified atom stereocenters. The van der Waals surface area contributed by atoms with Gasteiger partial charge in [-0.25, -0.2) is 4.79 Å². The average molecular weight is 515 g/mol. The number of carbonyl (C=O) groups excluding carboxylic acids is 3. The number of methoxy groups -OCH3 is 1. The third-order valence-electron chi connectivity index (χ3n) is 8.61. The molecule has 10 nitrogen and oxygen atoms in total. The van der Waals surface area contributed by atoms with Gasteiger partial charge in [0.1, 0.15) is 5.75 Å². The van der Waals surface area contributed by atoms with Gasteiger partial charge in [-0.05, 0) is 74.8 Å². The molecule has 5 rings (SSSR count). The summed E-state index contributed by atoms with van der Waals surface area (Å²) in [6.45, 7) is 6.25. The van der Waals surface area contributed by atoms with Crippen LogP contribution in [0.3, 0.4) is 0 Å². The Balaban J connectivity index is 1.32. The minimum atomic E-state index is -0.429. The molecule has 202 valence electrons. The molecule has 0 aromatic heterocycles. The molecule has 1 spiro atoms. The Morgan fingerprint density at radius 1 is 1.11 bits per heavy atom. The van der Waals surface area contributed by atoms with E-state index in [2.05, 4.69) is 16.3 Å². The number of benzene rings is 1. The number of nitrogens with one attached hydrogen (secondary N) is 1. The molecule has 0 aliphatic carbocycles. The van der Waals surface area contributed by atoms with E-state index in [0.717, 1.165) is 70.3 Å². The molecule has 4 heterocycles. The lowest BCUT2D eigenvalue weighted by Crippen LogP contribution is -2.51. The molecule has 4 aliphatic heterocycles. The lowest BCUT2D eigenvalue weighted by Gasteiger charge is -2.51. The van der Waals surface area contributed by atoms with E-state index in [1.165, 1.54) is 0 Å². The highest BCUT2D eigenvalue weighted by Crippen LogP contribution is 2.51. The summed E-state index contributed by atoms with van der Waals surface area (Å²) in [7, 11) is 1.59. The highest BCUT2D eigenvalue weighted by molar-refractivity contribution is 6.06. The first kappa shape index (κ1) is 25.9. The fourth-order valence-corrected chi connectivity index (χ4v) is 6.42. The fourth-order valence-electron chi connectivity index (χ4n) is 6.42. The summed E-state index contributed by atoms with van der Waals surface area (Å²) in [6.07, 6.45) is 6.26. The number of carbonyl (C=O) groups is 3. The van der Waals surface area contributed by atoms with Gasteiger partial charge in [-0.2, -0.15) is 0 Å². The first-order valence-electron chi connectivity index (χ1n) is 13.5. The van der Waals surface area contributed by atoms with Gasteiger partial charge in [-0.1, -0.05) is 6.07 Å². The summed E-state index contributed by atoms with van der Waals surface area (Å²) in [6, 6.07) is 5.58. The first-order valence-corrected chi connectivity index (χ1v) is 13.5. The van der Waals surface area contributed by atoms with E-state index < -0.39 is 6.03 Å². The number of nitrogens with zero attached hydrogens (tertiary/aromatic N) is 3. The lowest BCUT2D eigenvalue weighted by molar-refractivity contribution is -0.122. The Kier molecular flexibility index (Phi) is 7.97. The molecule has 4 saturated heterocycles. The highest BCUT2D eigenvalue weighted by atomic mass is 16.7. The van der Waals surface area contributed by atoms with Crippen molar-refractivity contribution < 1.29 is 28.6 Å². The van der Waals surface area contributed by atoms with Crippen LogP contribution in [0.2, 0.25) is 0 Å². The van der Waals surface area contributed by atoms with Gasteiger partial charge in [0.15, 0.2) is 6.29 Å². The van der Waals surface area contributed by atoms with Gasteiger partial charge in [0.25, 0.3) is 0 Å². The predicted molar refractivity (Wildman–Crippen MR) is 137 cm³/mol. The van der Waals surface area contributed by atoms with E-state index >= 15 is 0 Å². The second-order valence-electron chi connectivity index (χ2n) is 10.6. The standard InChI is InChI=1S/C27H38N4O6/c1-35-23-5-4-20(17-22(23)31-11-6-24(33)28-26(31)34)21-18-30(19-32)14-9-27(21)7-12-29(13-8-27)10-2-3-25-36-15-16-37-25/h4-5,17,19,21,25H,2-3,6-16,18H2,1H3,(H,28,33,34). The fraction of sp³-hybridized carbons (Fsp3) is 0.667. The first-order chi connectivity index (χ1) is 18.0. The van der Waals surface area contributed by atoms with Crippen LogP contribution in [0.5, 0.6) is 5.75 Å². The Morgan fingerprint density at radius 3 is 2.57 bits per heavy atom. The van der Waals surface area contributed by atoms with Crippen molar-refractivity contribution in [2.45, 2.75) is 50.7 Å². The Labute approximate surface area is 218 Å². The third kappa shape index (κ3) is 5.61. The molecule has 37 heavy (non-hydrogen) atoms. The van der Waals surface area contributed by atoms with Crippen molar-refractivity contribution in [2.75, 3.05) is 64.5 Å². The van der Waals surface area contributed by atoms with Crippen LogP contribution in [-0.4, -0.2) is 94.0 Å². The minimum absolute atomic E-state index is 0.0439. The number of ether oxygens (including phenoxy) is 3. The van der Waals surface area contributed by atoms with Gasteiger partial charge in [0.05, 0.1) is 26.0 Å². The van der Waals surface area contributed by atoms with E-state index in [9.17, 15) is 14.4 Å². The topological polar surface area (TPSA) is 101 Å². The molecule has 1 N–H and O–H groups in total. The number of hydrogen-bond acceptors (Lipinski definition) is 7. The normalized spacial score (nSPS) is 24.9. The van der Waals surface area contributed by atoms with E-state index in [0.29, 0.717) is 37.7 Å². The zero-order valence-corrected chi connectivity index (χ0v) is 21.7. The highest BCUT2D eigenvalue weighted by Gasteiger charge is 2.45. The van der Waals surface area contributed by atoms with Gasteiger partial charge in [-0.15, -0.1) is 0 Å². The lowest BCUT2D eigenvalue weighted by atomic mass is 9.62. The van der Waals surface area contributed by atoms with Gasteiger partial charge in [-0.3, -0.25) is 19.8 Å². The van der Waals surface area contributed by atoms with Crippen molar-refractivity contribution in [3.05, 3.63) is 23.8 Å². The number of imide groups is 1. The SMILES string of the molecule is COc1ccc(C2CN(C=O)CCC23CCN(CCCC2OCCO2)CC3)cc1N1CCC(=O)NC1=O. The molecule has 1 aromatic rings. The minimum Gasteiger partial charge on any atom is -0.495 e. The number of urea groups is 1. The van der Waals surface area contributed by atoms with Crippen molar-refractivity contribution in [1.29, 1.82) is 0 Å². The van der Waals surface area contributed by atoms with Crippen LogP contribution >= 0.6 is 0 Å². The molecule has 4 aliphatic rings. The summed E-state index contributed by atoms with van der Waals surface area (Å²) < 4.78 is 16.7. The molecule has 0 radical (unpaired) electrons. The van der Waals surface area contributed by atoms with Gasteiger partial charge in [0.2, 0.25) is 12.3 Å². The van der Waals surface area contributed by atoms with E-state index in [-0.39, 0.29) is 30.0 Å². The second kappa shape index (κ2) is 11.4. The number of amides is 4. The number of likely N-dealkylation sites (tertiary alicyclic amines) is 2. The molecule has 1 atom stereocenters. The molecule has 1 aromatic carbocycles. The summed E-state index contributed by atoms with van der Waals surface area (Å²) >= 11 is 0. The number of rotatable bonds is 8. The Morgan fingerprint density at radius 2 is 1.86 bits per heavy atom. The van der Waals surface area contributed by atoms with Crippen LogP contribution in [0, 0.1) is 5.41 Å². The summed E-state index contributed by atoms with van der Waals surface area (Å²) in [4.78, 5) is 42.1. The van der Waals surface area contributed by atoms with Gasteiger partial charge >= 0.3 is 6.03 Å². The average Bonchev–Trinajstić information content (AvgIpc) is 3.44. The maximum Gasteiger partial charge on any atom is 0.328 e.